The van der Waals surface area contributed by atoms with E-state index in [9.17, 15) is 4.79 Å². The molecule has 3 nitrogen and oxygen atoms in total. The Hall–Kier alpha value is -1.36. The van der Waals surface area contributed by atoms with Crippen LogP contribution < -0.4 is 4.90 Å². The van der Waals surface area contributed by atoms with Gasteiger partial charge in [0.15, 0.2) is 0 Å². The highest BCUT2D eigenvalue weighted by molar-refractivity contribution is 7.11. The van der Waals surface area contributed by atoms with Gasteiger partial charge in [-0.15, -0.1) is 11.3 Å². The number of thiophene rings is 1. The standard InChI is InChI=1S/C17H17ClN2OS/c1-11-5-6-15(22-11)10-19-9-14-8-16(19)17(21)20(14)13-4-2-3-12(18)7-13/h2-7,14,16H,8-10H2,1H3/t14-,16-/m0/s1. The van der Waals surface area contributed by atoms with E-state index in [1.54, 1.807) is 0 Å². The molecule has 114 valence electrons. The fraction of sp³-hybridized carbons (Fsp3) is 0.353. The number of halogens is 1. The van der Waals surface area contributed by atoms with Crippen LogP contribution in [0.15, 0.2) is 36.4 Å². The number of carbonyl (C=O) groups is 1. The SMILES string of the molecule is Cc1ccc(CN2C[C@@H]3C[C@H]2C(=O)N3c2cccc(Cl)c2)s1. The fourth-order valence-corrected chi connectivity index (χ4v) is 4.67. The molecule has 0 unspecified atom stereocenters. The molecule has 22 heavy (non-hydrogen) atoms. The van der Waals surface area contributed by atoms with Gasteiger partial charge in [-0.05, 0) is 43.7 Å². The topological polar surface area (TPSA) is 23.6 Å². The Labute approximate surface area is 139 Å². The van der Waals surface area contributed by atoms with Gasteiger partial charge < -0.3 is 4.90 Å². The first-order valence-corrected chi connectivity index (χ1v) is 8.69. The molecule has 2 atom stereocenters. The number of nitrogens with zero attached hydrogens (tertiary/aromatic N) is 2. The molecular weight excluding hydrogens is 316 g/mol. The number of amides is 1. The molecule has 1 aromatic heterocycles. The Bertz CT molecular complexity index is 729. The quantitative estimate of drug-likeness (QED) is 0.855. The van der Waals surface area contributed by atoms with E-state index < -0.39 is 0 Å². The number of likely N-dealkylation sites (tertiary alicyclic amines) is 1. The lowest BCUT2D eigenvalue weighted by Crippen LogP contribution is -2.50. The van der Waals surface area contributed by atoms with Gasteiger partial charge in [-0.3, -0.25) is 9.69 Å². The summed E-state index contributed by atoms with van der Waals surface area (Å²) in [6.45, 7) is 3.95. The zero-order chi connectivity index (χ0) is 15.3. The molecule has 4 rings (SSSR count). The minimum atomic E-state index is 0.0198. The maximum absolute atomic E-state index is 12.7. The highest BCUT2D eigenvalue weighted by Gasteiger charge is 2.49. The highest BCUT2D eigenvalue weighted by Crippen LogP contribution is 2.37. The second kappa shape index (κ2) is 5.37. The fourth-order valence-electron chi connectivity index (χ4n) is 3.57. The predicted octanol–water partition coefficient (Wildman–Crippen LogP) is 3.70. The van der Waals surface area contributed by atoms with E-state index in [0.717, 1.165) is 25.2 Å². The summed E-state index contributed by atoms with van der Waals surface area (Å²) < 4.78 is 0. The van der Waals surface area contributed by atoms with Crippen LogP contribution >= 0.6 is 22.9 Å². The van der Waals surface area contributed by atoms with Crippen molar-refractivity contribution in [2.45, 2.75) is 32.0 Å². The molecular formula is C17H17ClN2OS. The third-order valence-electron chi connectivity index (χ3n) is 4.51. The average molecular weight is 333 g/mol. The van der Waals surface area contributed by atoms with Crippen molar-refractivity contribution in [3.63, 3.8) is 0 Å². The number of rotatable bonds is 3. The van der Waals surface area contributed by atoms with Gasteiger partial charge in [0.25, 0.3) is 0 Å². The van der Waals surface area contributed by atoms with Crippen molar-refractivity contribution < 1.29 is 4.79 Å². The molecule has 2 fully saturated rings. The van der Waals surface area contributed by atoms with Crippen molar-refractivity contribution in [2.75, 3.05) is 11.4 Å². The summed E-state index contributed by atoms with van der Waals surface area (Å²) in [7, 11) is 0. The van der Waals surface area contributed by atoms with Crippen molar-refractivity contribution in [3.8, 4) is 0 Å². The molecule has 1 aromatic carbocycles. The molecule has 2 saturated heterocycles. The normalized spacial score (nSPS) is 24.5. The Morgan fingerprint density at radius 2 is 2.18 bits per heavy atom. The van der Waals surface area contributed by atoms with Crippen molar-refractivity contribution in [2.24, 2.45) is 0 Å². The minimum absolute atomic E-state index is 0.0198. The molecule has 0 aliphatic carbocycles. The number of benzene rings is 1. The Morgan fingerprint density at radius 3 is 2.86 bits per heavy atom. The van der Waals surface area contributed by atoms with Crippen LogP contribution in [-0.2, 0) is 11.3 Å². The van der Waals surface area contributed by atoms with Crippen LogP contribution in [-0.4, -0.2) is 29.4 Å². The van der Waals surface area contributed by atoms with Crippen molar-refractivity contribution in [1.29, 1.82) is 0 Å². The first-order valence-electron chi connectivity index (χ1n) is 7.50. The maximum Gasteiger partial charge on any atom is 0.244 e. The minimum Gasteiger partial charge on any atom is -0.307 e. The summed E-state index contributed by atoms with van der Waals surface area (Å²) >= 11 is 7.88. The van der Waals surface area contributed by atoms with E-state index in [2.05, 4.69) is 24.0 Å². The van der Waals surface area contributed by atoms with Gasteiger partial charge in [0.05, 0.1) is 12.1 Å². The molecule has 0 saturated carbocycles. The number of anilines is 1. The highest BCUT2D eigenvalue weighted by atomic mass is 35.5. The average Bonchev–Trinajstić information content (AvgIpc) is 3.14. The molecule has 2 aliphatic rings. The second-order valence-corrected chi connectivity index (χ2v) is 7.84. The van der Waals surface area contributed by atoms with Gasteiger partial charge in [0, 0.05) is 33.6 Å². The number of hydrogen-bond donors (Lipinski definition) is 0. The largest absolute Gasteiger partial charge is 0.307 e. The summed E-state index contributed by atoms with van der Waals surface area (Å²) in [5.41, 5.74) is 0.927. The lowest BCUT2D eigenvalue weighted by atomic mass is 10.2. The van der Waals surface area contributed by atoms with E-state index in [1.807, 2.05) is 40.5 Å². The lowest BCUT2D eigenvalue weighted by Gasteiger charge is -2.33. The van der Waals surface area contributed by atoms with Crippen molar-refractivity contribution >= 4 is 34.5 Å². The molecule has 0 radical (unpaired) electrons. The Balaban J connectivity index is 1.53. The number of aryl methyl sites for hydroxylation is 1. The Kier molecular flexibility index (Phi) is 3.48. The van der Waals surface area contributed by atoms with Crippen LogP contribution in [0, 0.1) is 6.92 Å². The molecule has 0 spiro atoms. The van der Waals surface area contributed by atoms with E-state index in [-0.39, 0.29) is 18.0 Å². The van der Waals surface area contributed by atoms with Crippen LogP contribution in [0.3, 0.4) is 0 Å². The molecule has 1 amide bonds. The number of piperazine rings is 1. The van der Waals surface area contributed by atoms with E-state index in [0.29, 0.717) is 5.02 Å². The van der Waals surface area contributed by atoms with Crippen LogP contribution in [0.1, 0.15) is 16.2 Å². The van der Waals surface area contributed by atoms with Crippen LogP contribution in [0.5, 0.6) is 0 Å². The van der Waals surface area contributed by atoms with Gasteiger partial charge in [-0.25, -0.2) is 0 Å². The first kappa shape index (κ1) is 14.2. The second-order valence-electron chi connectivity index (χ2n) is 6.04. The number of carbonyl (C=O) groups excluding carboxylic acids is 1. The number of hydrogen-bond acceptors (Lipinski definition) is 3. The third kappa shape index (κ3) is 2.35. The van der Waals surface area contributed by atoms with Gasteiger partial charge in [0.2, 0.25) is 5.91 Å². The zero-order valence-corrected chi connectivity index (χ0v) is 13.9. The molecule has 2 aliphatic heterocycles. The monoisotopic (exact) mass is 332 g/mol. The molecule has 3 heterocycles. The predicted molar refractivity (Wildman–Crippen MR) is 90.6 cm³/mol. The summed E-state index contributed by atoms with van der Waals surface area (Å²) in [6.07, 6.45) is 0.926. The first-order chi connectivity index (χ1) is 10.6. The zero-order valence-electron chi connectivity index (χ0n) is 12.3. The molecule has 0 N–H and O–H groups in total. The van der Waals surface area contributed by atoms with E-state index >= 15 is 0 Å². The van der Waals surface area contributed by atoms with Crippen molar-refractivity contribution in [1.82, 2.24) is 4.90 Å². The molecule has 2 aromatic rings. The lowest BCUT2D eigenvalue weighted by molar-refractivity contribution is -0.122. The summed E-state index contributed by atoms with van der Waals surface area (Å²) in [6, 6.07) is 12.2. The molecule has 2 bridgehead atoms. The van der Waals surface area contributed by atoms with Gasteiger partial charge in [-0.1, -0.05) is 17.7 Å². The van der Waals surface area contributed by atoms with E-state index in [1.165, 1.54) is 9.75 Å². The van der Waals surface area contributed by atoms with Crippen LogP contribution in [0.4, 0.5) is 5.69 Å². The van der Waals surface area contributed by atoms with Gasteiger partial charge in [0.1, 0.15) is 0 Å². The van der Waals surface area contributed by atoms with Gasteiger partial charge in [-0.2, -0.15) is 0 Å². The maximum atomic E-state index is 12.7. The smallest absolute Gasteiger partial charge is 0.244 e. The number of fused-ring (bicyclic) bond motifs is 2. The summed E-state index contributed by atoms with van der Waals surface area (Å²) in [4.78, 5) is 19.7. The summed E-state index contributed by atoms with van der Waals surface area (Å²) in [5, 5.41) is 0.680. The van der Waals surface area contributed by atoms with Crippen LogP contribution in [0.2, 0.25) is 5.02 Å². The third-order valence-corrected chi connectivity index (χ3v) is 5.73. The van der Waals surface area contributed by atoms with Crippen LogP contribution in [0.25, 0.3) is 0 Å². The van der Waals surface area contributed by atoms with Crippen molar-refractivity contribution in [3.05, 3.63) is 51.2 Å². The Morgan fingerprint density at radius 1 is 1.32 bits per heavy atom. The van der Waals surface area contributed by atoms with E-state index in [4.69, 9.17) is 11.6 Å². The van der Waals surface area contributed by atoms with Gasteiger partial charge >= 0.3 is 0 Å². The summed E-state index contributed by atoms with van der Waals surface area (Å²) in [5.74, 6) is 0.215. The molecule has 5 heteroatoms.